The lowest BCUT2D eigenvalue weighted by atomic mass is 9.74. The molecule has 5 atom stereocenters. The highest BCUT2D eigenvalue weighted by atomic mass is 35.5. The van der Waals surface area contributed by atoms with Gasteiger partial charge in [0.2, 0.25) is 17.7 Å². The molecule has 1 spiro atoms. The molecule has 9 heteroatoms. The van der Waals surface area contributed by atoms with E-state index in [0.717, 1.165) is 37.7 Å². The van der Waals surface area contributed by atoms with Crippen LogP contribution in [-0.4, -0.2) is 53.5 Å². The molecule has 3 fully saturated rings. The van der Waals surface area contributed by atoms with E-state index in [0.29, 0.717) is 16.5 Å². The molecule has 6 rings (SSSR count). The van der Waals surface area contributed by atoms with E-state index < -0.39 is 29.6 Å². The number of fused-ring (bicyclic) bond motifs is 1. The topological polar surface area (TPSA) is 97.0 Å². The Balaban J connectivity index is 1.34. The smallest absolute Gasteiger partial charge is 0.246 e. The number of carbonyl (C=O) groups is 3. The second-order valence-corrected chi connectivity index (χ2v) is 11.3. The third kappa shape index (κ3) is 4.49. The maximum atomic E-state index is 14.2. The summed E-state index contributed by atoms with van der Waals surface area (Å²) in [5.41, 5.74) is 0.138. The van der Waals surface area contributed by atoms with Crippen molar-refractivity contribution in [3.05, 3.63) is 71.3 Å². The van der Waals surface area contributed by atoms with Crippen LogP contribution >= 0.6 is 11.6 Å². The lowest BCUT2D eigenvalue weighted by molar-refractivity contribution is -0.142. The van der Waals surface area contributed by atoms with Gasteiger partial charge in [-0.15, -0.1) is 0 Å². The fourth-order valence-electron chi connectivity index (χ4n) is 6.74. The number of hydrogen-bond acceptors (Lipinski definition) is 5. The number of likely N-dealkylation sites (tertiary alicyclic amines) is 1. The van der Waals surface area contributed by atoms with E-state index in [1.165, 1.54) is 0 Å². The molecular formula is C30H32ClN3O5. The van der Waals surface area contributed by atoms with Crippen LogP contribution in [0.1, 0.15) is 37.7 Å². The minimum Gasteiger partial charge on any atom is -0.496 e. The first-order valence-electron chi connectivity index (χ1n) is 13.6. The van der Waals surface area contributed by atoms with Gasteiger partial charge in [-0.05, 0) is 43.2 Å². The molecule has 4 aliphatic rings. The van der Waals surface area contributed by atoms with Crippen LogP contribution in [0, 0.1) is 11.8 Å². The fraction of sp³-hybridized carbons (Fsp3) is 0.433. The largest absolute Gasteiger partial charge is 0.496 e. The molecule has 39 heavy (non-hydrogen) atoms. The highest BCUT2D eigenvalue weighted by molar-refractivity contribution is 6.30. The summed E-state index contributed by atoms with van der Waals surface area (Å²) in [5.74, 6) is -1.80. The van der Waals surface area contributed by atoms with Crippen molar-refractivity contribution in [2.24, 2.45) is 11.8 Å². The van der Waals surface area contributed by atoms with Crippen LogP contribution in [0.15, 0.2) is 60.7 Å². The molecule has 5 unspecified atom stereocenters. The summed E-state index contributed by atoms with van der Waals surface area (Å²) in [5, 5.41) is 6.69. The number of hydrogen-bond donors (Lipinski definition) is 2. The third-order valence-electron chi connectivity index (χ3n) is 8.52. The number of ether oxygens (including phenoxy) is 2. The van der Waals surface area contributed by atoms with Crippen molar-refractivity contribution in [3.63, 3.8) is 0 Å². The predicted molar refractivity (Wildman–Crippen MR) is 146 cm³/mol. The normalized spacial score (nSPS) is 29.4. The summed E-state index contributed by atoms with van der Waals surface area (Å²) in [6, 6.07) is 13.4. The van der Waals surface area contributed by atoms with E-state index in [9.17, 15) is 14.4 Å². The zero-order chi connectivity index (χ0) is 27.1. The quantitative estimate of drug-likeness (QED) is 0.507. The van der Waals surface area contributed by atoms with Crippen LogP contribution in [0.25, 0.3) is 0 Å². The molecule has 2 aromatic rings. The van der Waals surface area contributed by atoms with E-state index in [2.05, 4.69) is 10.6 Å². The molecule has 1 aliphatic carbocycles. The number of nitrogens with one attached hydrogen (secondary N) is 2. The molecule has 2 saturated heterocycles. The molecule has 1 saturated carbocycles. The van der Waals surface area contributed by atoms with Crippen LogP contribution in [0.2, 0.25) is 5.02 Å². The van der Waals surface area contributed by atoms with Crippen LogP contribution in [-0.2, 0) is 25.7 Å². The first-order valence-corrected chi connectivity index (χ1v) is 14.0. The third-order valence-corrected chi connectivity index (χ3v) is 8.77. The Labute approximate surface area is 232 Å². The van der Waals surface area contributed by atoms with E-state index in [1.54, 1.807) is 36.3 Å². The molecule has 3 heterocycles. The Morgan fingerprint density at radius 2 is 1.82 bits per heavy atom. The number of para-hydroxylation sites is 1. The monoisotopic (exact) mass is 549 g/mol. The first-order chi connectivity index (χ1) is 18.9. The van der Waals surface area contributed by atoms with Crippen molar-refractivity contribution in [1.82, 2.24) is 10.2 Å². The highest BCUT2D eigenvalue weighted by Gasteiger charge is 2.72. The maximum absolute atomic E-state index is 14.2. The molecule has 3 amide bonds. The van der Waals surface area contributed by atoms with Gasteiger partial charge in [0, 0.05) is 22.3 Å². The Hall–Kier alpha value is -3.36. The molecule has 2 aromatic carbocycles. The second kappa shape index (κ2) is 10.3. The van der Waals surface area contributed by atoms with E-state index in [-0.39, 0.29) is 30.3 Å². The summed E-state index contributed by atoms with van der Waals surface area (Å²) in [7, 11) is 1.58. The number of benzene rings is 2. The summed E-state index contributed by atoms with van der Waals surface area (Å²) in [6.45, 7) is 0.164. The standard InChI is InChI=1S/C30H32ClN3O5/c1-38-22-10-6-5-7-18(22)17-34-26(28(36)33-20-8-3-2-4-9-20)30-16-15-23(39-30)24(25(30)29(34)37)27(35)32-21-13-11-19(31)12-14-21/h5-7,10-16,20,23-26H,2-4,8-9,17H2,1H3,(H,32,35)(H,33,36). The Kier molecular flexibility index (Phi) is 6.85. The van der Waals surface area contributed by atoms with Crippen molar-refractivity contribution in [1.29, 1.82) is 0 Å². The lowest BCUT2D eigenvalue weighted by Gasteiger charge is -2.34. The highest BCUT2D eigenvalue weighted by Crippen LogP contribution is 2.55. The van der Waals surface area contributed by atoms with Gasteiger partial charge >= 0.3 is 0 Å². The zero-order valence-electron chi connectivity index (χ0n) is 21.8. The summed E-state index contributed by atoms with van der Waals surface area (Å²) >= 11 is 6.00. The van der Waals surface area contributed by atoms with Gasteiger partial charge in [0.15, 0.2) is 0 Å². The average Bonchev–Trinajstić information content (AvgIpc) is 3.58. The molecule has 3 aliphatic heterocycles. The number of methoxy groups -OCH3 is 1. The number of rotatable bonds is 7. The fourth-order valence-corrected chi connectivity index (χ4v) is 6.87. The van der Waals surface area contributed by atoms with Crippen LogP contribution in [0.3, 0.4) is 0 Å². The van der Waals surface area contributed by atoms with E-state index in [1.807, 2.05) is 36.4 Å². The van der Waals surface area contributed by atoms with Gasteiger partial charge in [0.05, 0.1) is 31.6 Å². The van der Waals surface area contributed by atoms with Gasteiger partial charge in [-0.25, -0.2) is 0 Å². The van der Waals surface area contributed by atoms with Gasteiger partial charge in [-0.2, -0.15) is 0 Å². The molecule has 2 N–H and O–H groups in total. The van der Waals surface area contributed by atoms with Crippen LogP contribution < -0.4 is 15.4 Å². The SMILES string of the molecule is COc1ccccc1CN1C(=O)C2C(C(=O)Nc3ccc(Cl)cc3)C3C=CC2(O3)C1C(=O)NC1CCCCC1. The van der Waals surface area contributed by atoms with Crippen molar-refractivity contribution in [2.75, 3.05) is 12.4 Å². The van der Waals surface area contributed by atoms with E-state index in [4.69, 9.17) is 21.1 Å². The Morgan fingerprint density at radius 3 is 2.56 bits per heavy atom. The summed E-state index contributed by atoms with van der Waals surface area (Å²) in [6.07, 6.45) is 8.20. The van der Waals surface area contributed by atoms with Gasteiger partial charge in [0.1, 0.15) is 17.4 Å². The number of anilines is 1. The van der Waals surface area contributed by atoms with Crippen LogP contribution in [0.5, 0.6) is 5.75 Å². The van der Waals surface area contributed by atoms with Crippen molar-refractivity contribution in [2.45, 2.75) is 62.4 Å². The second-order valence-electron chi connectivity index (χ2n) is 10.8. The maximum Gasteiger partial charge on any atom is 0.246 e. The van der Waals surface area contributed by atoms with Gasteiger partial charge in [-0.3, -0.25) is 14.4 Å². The average molecular weight is 550 g/mol. The predicted octanol–water partition coefficient (Wildman–Crippen LogP) is 4.09. The van der Waals surface area contributed by atoms with Gasteiger partial charge in [0.25, 0.3) is 0 Å². The Bertz CT molecular complexity index is 1310. The van der Waals surface area contributed by atoms with Gasteiger partial charge < -0.3 is 25.0 Å². The molecule has 0 aromatic heterocycles. The number of carbonyl (C=O) groups excluding carboxylic acids is 3. The van der Waals surface area contributed by atoms with Crippen molar-refractivity contribution in [3.8, 4) is 5.75 Å². The molecular weight excluding hydrogens is 518 g/mol. The summed E-state index contributed by atoms with van der Waals surface area (Å²) < 4.78 is 12.0. The number of nitrogens with zero attached hydrogens (tertiary/aromatic N) is 1. The number of amides is 3. The van der Waals surface area contributed by atoms with E-state index >= 15 is 0 Å². The van der Waals surface area contributed by atoms with Gasteiger partial charge in [-0.1, -0.05) is 61.2 Å². The Morgan fingerprint density at radius 1 is 1.08 bits per heavy atom. The minimum absolute atomic E-state index is 0.0662. The molecule has 204 valence electrons. The molecule has 0 radical (unpaired) electrons. The summed E-state index contributed by atoms with van der Waals surface area (Å²) in [4.78, 5) is 43.3. The molecule has 8 nitrogen and oxygen atoms in total. The first kappa shape index (κ1) is 25.9. The van der Waals surface area contributed by atoms with Crippen molar-refractivity contribution < 1.29 is 23.9 Å². The number of halogens is 1. The minimum atomic E-state index is -1.22. The molecule has 2 bridgehead atoms. The van der Waals surface area contributed by atoms with Crippen LogP contribution in [0.4, 0.5) is 5.69 Å². The van der Waals surface area contributed by atoms with Crippen molar-refractivity contribution >= 4 is 35.0 Å². The lowest BCUT2D eigenvalue weighted by Crippen LogP contribution is -2.56. The zero-order valence-corrected chi connectivity index (χ0v) is 22.5.